The minimum atomic E-state index is -0.711. The lowest BCUT2D eigenvalue weighted by molar-refractivity contribution is -0.126. The molecule has 1 spiro atoms. The van der Waals surface area contributed by atoms with Gasteiger partial charge in [0.25, 0.3) is 0 Å². The Bertz CT molecular complexity index is 3570. The molecule has 7 aliphatic heterocycles. The summed E-state index contributed by atoms with van der Waals surface area (Å²) in [6, 6.07) is 26.0. The number of aromatic hydroxyl groups is 1. The zero-order valence-corrected chi connectivity index (χ0v) is 55.0. The summed E-state index contributed by atoms with van der Waals surface area (Å²) in [4.78, 5) is 34.4. The zero-order valence-electron chi connectivity index (χ0n) is 55.0. The number of hydrogen-bond acceptors (Lipinski definition) is 16. The summed E-state index contributed by atoms with van der Waals surface area (Å²) < 4.78 is 5.54. The van der Waals surface area contributed by atoms with Crippen LogP contribution in [0.4, 0.5) is 0 Å². The number of nitrogens with one attached hydrogen (secondary N) is 6. The summed E-state index contributed by atoms with van der Waals surface area (Å²) in [7, 11) is 2.12. The minimum Gasteiger partial charge on any atom is -0.504 e. The van der Waals surface area contributed by atoms with Gasteiger partial charge >= 0.3 is 0 Å². The molecule has 6 aliphatic carbocycles. The Labute approximate surface area is 555 Å². The van der Waals surface area contributed by atoms with E-state index in [1.165, 1.54) is 35.6 Å². The first kappa shape index (κ1) is 64.9. The van der Waals surface area contributed by atoms with Gasteiger partial charge in [-0.05, 0) is 275 Å². The highest BCUT2D eigenvalue weighted by atomic mass is 16.6. The summed E-state index contributed by atoms with van der Waals surface area (Å²) in [6.45, 7) is 2.65. The fraction of sp³-hybridized carbons (Fsp3) is 0.577. The van der Waals surface area contributed by atoms with Crippen molar-refractivity contribution >= 4 is 23.1 Å². The number of hydrogen-bond donors (Lipinski definition) is 12. The maximum atomic E-state index is 14.9. The van der Waals surface area contributed by atoms with Crippen LogP contribution in [0.3, 0.4) is 0 Å². The molecule has 16 heteroatoms. The third kappa shape index (κ3) is 12.9. The van der Waals surface area contributed by atoms with Gasteiger partial charge in [-0.25, -0.2) is 0 Å². The van der Waals surface area contributed by atoms with Crippen molar-refractivity contribution in [2.45, 2.75) is 165 Å². The van der Waals surface area contributed by atoms with Gasteiger partial charge in [-0.3, -0.25) is 9.59 Å². The molecule has 0 aromatic heterocycles. The third-order valence-electron chi connectivity index (χ3n) is 25.1. The summed E-state index contributed by atoms with van der Waals surface area (Å²) in [5, 5.41) is 68.4. The average Bonchev–Trinajstić information content (AvgIpc) is 1.50. The predicted molar refractivity (Wildman–Crippen MR) is 367 cm³/mol. The molecular formula is C78H101N9O7. The van der Waals surface area contributed by atoms with Crippen molar-refractivity contribution in [1.29, 1.82) is 0 Å². The molecule has 0 radical (unpaired) electrons. The van der Waals surface area contributed by atoms with E-state index in [-0.39, 0.29) is 76.5 Å². The van der Waals surface area contributed by atoms with Crippen LogP contribution >= 0.6 is 0 Å². The molecule has 1 saturated heterocycles. The van der Waals surface area contributed by atoms with E-state index in [4.69, 9.17) is 21.2 Å². The number of ketones is 2. The van der Waals surface area contributed by atoms with Crippen molar-refractivity contribution in [3.8, 4) is 23.5 Å². The third-order valence-corrected chi connectivity index (χ3v) is 25.1. The molecule has 7 heterocycles. The lowest BCUT2D eigenvalue weighted by Crippen LogP contribution is -2.57. The maximum Gasteiger partial charge on any atom is 0.202 e. The van der Waals surface area contributed by atoms with E-state index in [9.17, 15) is 30.0 Å². The Hall–Kier alpha value is -6.39. The number of phenolic OH excluding ortho intramolecular Hbond substituents is 1. The topological polar surface area (TPSA) is 261 Å². The fourth-order valence-electron chi connectivity index (χ4n) is 21.9. The molecule has 3 aromatic rings. The molecule has 500 valence electrons. The van der Waals surface area contributed by atoms with E-state index < -0.39 is 31.5 Å². The quantitative estimate of drug-likeness (QED) is 0.0362. The number of benzene rings is 3. The van der Waals surface area contributed by atoms with Gasteiger partial charge < -0.3 is 68.5 Å². The first-order valence-corrected chi connectivity index (χ1v) is 35.8. The van der Waals surface area contributed by atoms with Crippen molar-refractivity contribution in [3.05, 3.63) is 147 Å². The standard InChI is InChI=1S/C78H101N9O7/c1-81-41-56-38-78-70-20-19-49-27-58(90)34-59(91)30-55(44-88)62-35-69(94-45-89)68(93)31-52(62)29-54-43-85-72(79)36-63(54)50(26-48-12-5-11-47(25-48)18-17-46-9-3-2-4-10-46)13-7-23-84-76(80)86-57-32-64(56)73(78)65(33-57)61-15-6-16-67(92)75(61)87-71(78)40-77(70,37-49)39-66-60-21-24-82-42-53(60)28-51-14-8-22-83-74(51)66/h2-5,8-12,14,25,30-31,35-36,43,49-51,53,56-57,60,64,66-67,70-75,81-83,85,87-89,92-93H,6,13,15-22,24,26-29,32-34,37-42,44-45,79H2,1H3,(H3,80,84,86)/b55-30+/t49-,50-,51-,53-,56-,57-,60+,64+,66-,67-,70+,71-,72?,73-,74+,75-,77-,78+/m0/s1. The molecular weight excluding hydrogens is 1170 g/mol. The summed E-state index contributed by atoms with van der Waals surface area (Å²) >= 11 is 0. The Morgan fingerprint density at radius 3 is 2.62 bits per heavy atom. The number of fused-ring (bicyclic) bond motifs is 3. The lowest BCUT2D eigenvalue weighted by Gasteiger charge is -2.56. The molecule has 3 aromatic carbocycles. The Morgan fingerprint density at radius 2 is 1.77 bits per heavy atom. The first-order valence-electron chi connectivity index (χ1n) is 35.8. The number of piperidine rings is 1. The molecule has 6 saturated carbocycles. The molecule has 18 atom stereocenters. The monoisotopic (exact) mass is 1280 g/mol. The van der Waals surface area contributed by atoms with Crippen molar-refractivity contribution in [1.82, 2.24) is 31.9 Å². The number of phenols is 1. The fourth-order valence-corrected chi connectivity index (χ4v) is 21.9. The summed E-state index contributed by atoms with van der Waals surface area (Å²) in [6.07, 6.45) is 25.2. The number of carbonyl (C=O) groups is 2. The highest BCUT2D eigenvalue weighted by molar-refractivity contribution is 6.08. The summed E-state index contributed by atoms with van der Waals surface area (Å²) in [5.41, 5.74) is 23.4. The molecule has 1 unspecified atom stereocenters. The summed E-state index contributed by atoms with van der Waals surface area (Å²) in [5.74, 6) is 6.60. The van der Waals surface area contributed by atoms with Crippen LogP contribution in [0.15, 0.2) is 125 Å². The molecule has 14 N–H and O–H groups in total. The number of dihydropyridines is 1. The number of aryl methyl sites for hydroxylation is 2. The number of allylic oxidation sites excluding steroid dienone is 3. The van der Waals surface area contributed by atoms with Crippen LogP contribution in [0.25, 0.3) is 5.57 Å². The highest BCUT2D eigenvalue weighted by Gasteiger charge is 2.73. The molecule has 0 amide bonds. The van der Waals surface area contributed by atoms with Gasteiger partial charge in [0.2, 0.25) is 5.96 Å². The van der Waals surface area contributed by atoms with Crippen LogP contribution in [-0.4, -0.2) is 121 Å². The number of Topliss-reactive ketones (excluding diaryl/α,β-unsaturated/α-hetero) is 1. The van der Waals surface area contributed by atoms with Gasteiger partial charge in [-0.15, -0.1) is 0 Å². The molecule has 16 nitrogen and oxygen atoms in total. The maximum absolute atomic E-state index is 14.9. The van der Waals surface area contributed by atoms with Crippen molar-refractivity contribution < 1.29 is 34.8 Å². The predicted octanol–water partition coefficient (Wildman–Crippen LogP) is 7.56. The van der Waals surface area contributed by atoms with Crippen LogP contribution < -0.4 is 48.1 Å². The number of nitrogens with zero attached hydrogens (tertiary/aromatic N) is 1. The van der Waals surface area contributed by atoms with Gasteiger partial charge in [-0.2, -0.15) is 4.99 Å². The molecule has 13 aliphatic rings. The molecule has 8 bridgehead atoms. The second-order valence-electron chi connectivity index (χ2n) is 30.4. The van der Waals surface area contributed by atoms with Crippen molar-refractivity contribution in [2.24, 2.45) is 86.5 Å². The van der Waals surface area contributed by atoms with E-state index in [1.54, 1.807) is 17.7 Å². The van der Waals surface area contributed by atoms with Crippen molar-refractivity contribution in [2.75, 3.05) is 46.6 Å². The number of rotatable bonds is 12. The second-order valence-corrected chi connectivity index (χ2v) is 30.4. The van der Waals surface area contributed by atoms with Crippen LogP contribution in [0.5, 0.6) is 11.5 Å². The normalized spacial score (nSPS) is 36.9. The van der Waals surface area contributed by atoms with Crippen LogP contribution in [0.1, 0.15) is 131 Å². The molecule has 94 heavy (non-hydrogen) atoms. The number of nitrogens with two attached hydrogens (primary N) is 2. The SMILES string of the molecule is CNC[C@@H]1C[C@]23[C@@H]4C[C@@]5(C[C@H]6[C@@H]7CCNC[C@@H]7C[C@@H]7C=CCN[C@@H]67)C[C@@H](CC[C@H]52)CC(=O)CC(=O)/C=C(\CO)c2cc(OCO)c(O)cc2CC2=CNC(N)C=C2[C@H](Cc2cccc(CCc5ccccc5)c2)CC#CN=C(N)N[C@@H]2CC(=C5CCC[C@H](O)[C@H]5N4)[C@@H]3[C@@H]1C2. The van der Waals surface area contributed by atoms with E-state index in [0.717, 1.165) is 126 Å². The second kappa shape index (κ2) is 28.0. The van der Waals surface area contributed by atoms with Gasteiger partial charge in [0.1, 0.15) is 5.78 Å². The van der Waals surface area contributed by atoms with E-state index in [1.807, 2.05) is 18.3 Å². The largest absolute Gasteiger partial charge is 0.504 e. The van der Waals surface area contributed by atoms with E-state index >= 15 is 0 Å². The number of carbonyl (C=O) groups excluding carboxylic acids is 2. The first-order chi connectivity index (χ1) is 45.8. The zero-order chi connectivity index (χ0) is 64.7. The molecule has 16 rings (SSSR count). The minimum absolute atomic E-state index is 0.0132. The molecule has 7 fully saturated rings. The number of aliphatic imine (C=N–C) groups is 1. The number of ether oxygens (including phenoxy) is 1. The van der Waals surface area contributed by atoms with Crippen molar-refractivity contribution in [3.63, 3.8) is 0 Å². The number of aliphatic hydroxyl groups is 3. The number of guanidine groups is 1. The highest BCUT2D eigenvalue weighted by Crippen LogP contribution is 2.76. The smallest absolute Gasteiger partial charge is 0.202 e. The van der Waals surface area contributed by atoms with Crippen LogP contribution in [0, 0.1) is 82.0 Å². The number of aliphatic hydroxyl groups excluding tert-OH is 3. The van der Waals surface area contributed by atoms with Crippen LogP contribution in [-0.2, 0) is 35.3 Å². The van der Waals surface area contributed by atoms with Gasteiger partial charge in [-0.1, -0.05) is 83.8 Å². The van der Waals surface area contributed by atoms with E-state index in [0.29, 0.717) is 89.7 Å². The van der Waals surface area contributed by atoms with E-state index in [2.05, 4.69) is 112 Å². The van der Waals surface area contributed by atoms with Gasteiger partial charge in [0, 0.05) is 49.8 Å². The average molecular weight is 1280 g/mol. The Morgan fingerprint density at radius 1 is 0.915 bits per heavy atom. The van der Waals surface area contributed by atoms with Gasteiger partial charge in [0.15, 0.2) is 24.1 Å². The van der Waals surface area contributed by atoms with Crippen LogP contribution in [0.2, 0.25) is 0 Å². The van der Waals surface area contributed by atoms with Gasteiger partial charge in [0.05, 0.1) is 31.3 Å². The lowest BCUT2D eigenvalue weighted by atomic mass is 9.50. The Balaban J connectivity index is 0.862. The Kier molecular flexibility index (Phi) is 19.3.